The third-order valence-corrected chi connectivity index (χ3v) is 5.40. The van der Waals surface area contributed by atoms with Gasteiger partial charge in [-0.05, 0) is 52.9 Å². The molecular formula is C11H15BrClFN2O2S. The first-order valence-electron chi connectivity index (χ1n) is 5.61. The Morgan fingerprint density at radius 2 is 2.11 bits per heavy atom. The fraction of sp³-hybridized carbons (Fsp3) is 0.455. The monoisotopic (exact) mass is 372 g/mol. The Labute approximate surface area is 126 Å². The molecule has 0 spiro atoms. The molecule has 0 bridgehead atoms. The minimum absolute atomic E-state index is 0. The van der Waals surface area contributed by atoms with E-state index in [0.717, 1.165) is 25.0 Å². The van der Waals surface area contributed by atoms with Crippen LogP contribution in [0.5, 0.6) is 0 Å². The van der Waals surface area contributed by atoms with Crippen molar-refractivity contribution < 1.29 is 12.8 Å². The minimum atomic E-state index is -3.67. The van der Waals surface area contributed by atoms with Crippen molar-refractivity contribution in [3.05, 3.63) is 28.5 Å². The van der Waals surface area contributed by atoms with Gasteiger partial charge < -0.3 is 5.73 Å². The quantitative estimate of drug-likeness (QED) is 0.829. The first-order chi connectivity index (χ1) is 8.44. The Bertz CT molecular complexity index is 552. The summed E-state index contributed by atoms with van der Waals surface area (Å²) in [6, 6.07) is 3.24. The zero-order valence-corrected chi connectivity index (χ0v) is 13.2. The van der Waals surface area contributed by atoms with Gasteiger partial charge in [0.15, 0.2) is 0 Å². The van der Waals surface area contributed by atoms with Crippen LogP contribution in [0.25, 0.3) is 0 Å². The molecule has 4 nitrogen and oxygen atoms in total. The van der Waals surface area contributed by atoms with Crippen molar-refractivity contribution in [2.75, 3.05) is 6.54 Å². The van der Waals surface area contributed by atoms with Crippen molar-refractivity contribution in [1.29, 1.82) is 0 Å². The van der Waals surface area contributed by atoms with Gasteiger partial charge in [-0.2, -0.15) is 0 Å². The number of rotatable bonds is 5. The van der Waals surface area contributed by atoms with E-state index in [0.29, 0.717) is 5.92 Å². The molecule has 0 aromatic heterocycles. The van der Waals surface area contributed by atoms with Crippen LogP contribution < -0.4 is 10.5 Å². The van der Waals surface area contributed by atoms with Crippen molar-refractivity contribution in [1.82, 2.24) is 4.72 Å². The smallest absolute Gasteiger partial charge is 0.241 e. The third-order valence-electron chi connectivity index (χ3n) is 2.93. The highest BCUT2D eigenvalue weighted by Crippen LogP contribution is 2.33. The summed E-state index contributed by atoms with van der Waals surface area (Å²) in [5.41, 5.74) is 5.56. The fourth-order valence-corrected chi connectivity index (χ4v) is 4.16. The molecule has 1 saturated carbocycles. The number of hydrogen-bond donors (Lipinski definition) is 2. The van der Waals surface area contributed by atoms with E-state index < -0.39 is 15.8 Å². The van der Waals surface area contributed by atoms with Crippen LogP contribution in [0.3, 0.4) is 0 Å². The number of nitrogens with two attached hydrogens (primary N) is 1. The van der Waals surface area contributed by atoms with E-state index in [-0.39, 0.29) is 34.4 Å². The van der Waals surface area contributed by atoms with Crippen LogP contribution in [0.15, 0.2) is 27.6 Å². The summed E-state index contributed by atoms with van der Waals surface area (Å²) in [6.45, 7) is 0.267. The molecule has 1 atom stereocenters. The second kappa shape index (κ2) is 6.49. The number of nitrogens with one attached hydrogen (secondary N) is 1. The summed E-state index contributed by atoms with van der Waals surface area (Å²) >= 11 is 3.06. The summed E-state index contributed by atoms with van der Waals surface area (Å²) in [6.07, 6.45) is 1.99. The number of benzene rings is 1. The first kappa shape index (κ1) is 16.8. The predicted molar refractivity (Wildman–Crippen MR) is 77.2 cm³/mol. The minimum Gasteiger partial charge on any atom is -0.329 e. The van der Waals surface area contributed by atoms with Gasteiger partial charge in [0.1, 0.15) is 5.82 Å². The largest absolute Gasteiger partial charge is 0.329 e. The second-order valence-corrected chi connectivity index (χ2v) is 6.91. The SMILES string of the molecule is Cl.NCC(NS(=O)(=O)c1ccc(F)cc1Br)C1CC1. The summed E-state index contributed by atoms with van der Waals surface area (Å²) in [5.74, 6) is -0.164. The standard InChI is InChI=1S/C11H14BrFN2O2S.ClH/c12-9-5-8(13)3-4-11(9)18(16,17)15-10(6-14)7-1-2-7;/h3-5,7,10,15H,1-2,6,14H2;1H. The molecule has 1 unspecified atom stereocenters. The van der Waals surface area contributed by atoms with Crippen LogP contribution in [0.2, 0.25) is 0 Å². The predicted octanol–water partition coefficient (Wildman–Crippen LogP) is 2.03. The van der Waals surface area contributed by atoms with Crippen LogP contribution in [-0.2, 0) is 10.0 Å². The van der Waals surface area contributed by atoms with Crippen LogP contribution in [-0.4, -0.2) is 21.0 Å². The van der Waals surface area contributed by atoms with Crippen LogP contribution in [0.4, 0.5) is 4.39 Å². The molecule has 8 heteroatoms. The van der Waals surface area contributed by atoms with Crippen molar-refractivity contribution in [3.63, 3.8) is 0 Å². The Balaban J connectivity index is 0.00000180. The molecule has 108 valence electrons. The topological polar surface area (TPSA) is 72.2 Å². The van der Waals surface area contributed by atoms with Crippen LogP contribution >= 0.6 is 28.3 Å². The molecule has 0 aliphatic heterocycles. The molecule has 3 N–H and O–H groups in total. The zero-order valence-electron chi connectivity index (χ0n) is 9.97. The van der Waals surface area contributed by atoms with E-state index >= 15 is 0 Å². The van der Waals surface area contributed by atoms with Gasteiger partial charge in [-0.15, -0.1) is 12.4 Å². The summed E-state index contributed by atoms with van der Waals surface area (Å²) < 4.78 is 40.0. The van der Waals surface area contributed by atoms with Crippen molar-refractivity contribution in [2.45, 2.75) is 23.8 Å². The molecule has 2 rings (SSSR count). The Kier molecular flexibility index (Phi) is 5.76. The normalized spacial score (nSPS) is 16.8. The lowest BCUT2D eigenvalue weighted by molar-refractivity contribution is 0.518. The molecule has 1 aliphatic rings. The van der Waals surface area contributed by atoms with Gasteiger partial charge >= 0.3 is 0 Å². The maximum Gasteiger partial charge on any atom is 0.241 e. The van der Waals surface area contributed by atoms with Crippen molar-refractivity contribution >= 4 is 38.4 Å². The van der Waals surface area contributed by atoms with E-state index in [2.05, 4.69) is 20.7 Å². The number of sulfonamides is 1. The second-order valence-electron chi connectivity index (χ2n) is 4.38. The van der Waals surface area contributed by atoms with Crippen molar-refractivity contribution in [3.8, 4) is 0 Å². The number of hydrogen-bond acceptors (Lipinski definition) is 3. The Hall–Kier alpha value is -0.210. The van der Waals surface area contributed by atoms with Gasteiger partial charge in [-0.25, -0.2) is 17.5 Å². The first-order valence-corrected chi connectivity index (χ1v) is 7.89. The average molecular weight is 374 g/mol. The molecule has 0 heterocycles. The molecule has 1 aromatic carbocycles. The van der Waals surface area contributed by atoms with Gasteiger partial charge in [0, 0.05) is 17.1 Å². The Morgan fingerprint density at radius 3 is 2.58 bits per heavy atom. The van der Waals surface area contributed by atoms with Gasteiger partial charge in [0.25, 0.3) is 0 Å². The summed E-state index contributed by atoms with van der Waals surface area (Å²) in [7, 11) is -3.67. The molecule has 0 saturated heterocycles. The van der Waals surface area contributed by atoms with Gasteiger partial charge in [-0.1, -0.05) is 0 Å². The van der Waals surface area contributed by atoms with E-state index in [1.54, 1.807) is 0 Å². The zero-order chi connectivity index (χ0) is 13.3. The maximum absolute atomic E-state index is 12.9. The summed E-state index contributed by atoms with van der Waals surface area (Å²) in [4.78, 5) is 0.0306. The highest BCUT2D eigenvalue weighted by molar-refractivity contribution is 9.10. The maximum atomic E-state index is 12.9. The lowest BCUT2D eigenvalue weighted by Crippen LogP contribution is -2.41. The lowest BCUT2D eigenvalue weighted by atomic mass is 10.2. The van der Waals surface area contributed by atoms with E-state index in [1.807, 2.05) is 0 Å². The molecule has 0 radical (unpaired) electrons. The molecule has 0 amide bonds. The summed E-state index contributed by atoms with van der Waals surface area (Å²) in [5, 5.41) is 0. The molecular weight excluding hydrogens is 359 g/mol. The molecule has 1 fully saturated rings. The van der Waals surface area contributed by atoms with Crippen LogP contribution in [0.1, 0.15) is 12.8 Å². The average Bonchev–Trinajstić information content (AvgIpc) is 3.09. The third kappa shape index (κ3) is 4.13. The van der Waals surface area contributed by atoms with Crippen LogP contribution in [0, 0.1) is 11.7 Å². The van der Waals surface area contributed by atoms with Gasteiger partial charge in [0.2, 0.25) is 10.0 Å². The van der Waals surface area contributed by atoms with E-state index in [1.165, 1.54) is 6.07 Å². The highest BCUT2D eigenvalue weighted by Gasteiger charge is 2.33. The fourth-order valence-electron chi connectivity index (χ4n) is 1.79. The molecule has 1 aliphatic carbocycles. The van der Waals surface area contributed by atoms with Crippen molar-refractivity contribution in [2.24, 2.45) is 11.7 Å². The van der Waals surface area contributed by atoms with Gasteiger partial charge in [-0.3, -0.25) is 0 Å². The molecule has 19 heavy (non-hydrogen) atoms. The number of halogens is 3. The molecule has 1 aromatic rings. The van der Waals surface area contributed by atoms with E-state index in [4.69, 9.17) is 5.73 Å². The highest BCUT2D eigenvalue weighted by atomic mass is 79.9. The van der Waals surface area contributed by atoms with Gasteiger partial charge in [0.05, 0.1) is 4.90 Å². The van der Waals surface area contributed by atoms with E-state index in [9.17, 15) is 12.8 Å². The lowest BCUT2D eigenvalue weighted by Gasteiger charge is -2.16. The Morgan fingerprint density at radius 1 is 1.47 bits per heavy atom.